The van der Waals surface area contributed by atoms with E-state index >= 15 is 0 Å². The van der Waals surface area contributed by atoms with E-state index in [9.17, 15) is 5.11 Å². The lowest BCUT2D eigenvalue weighted by molar-refractivity contribution is -0.576. The number of aryl methyl sites for hydroxylation is 1. The van der Waals surface area contributed by atoms with E-state index in [2.05, 4.69) is 5.32 Å². The van der Waals surface area contributed by atoms with Crippen LogP contribution in [0, 0.1) is 6.92 Å². The minimum absolute atomic E-state index is 0.0634. The fourth-order valence-corrected chi connectivity index (χ4v) is 3.81. The van der Waals surface area contributed by atoms with Crippen LogP contribution in [-0.2, 0) is 0 Å². The van der Waals surface area contributed by atoms with Crippen LogP contribution in [0.1, 0.15) is 10.4 Å². The van der Waals surface area contributed by atoms with Crippen molar-refractivity contribution in [2.75, 3.05) is 12.4 Å². The zero-order valence-corrected chi connectivity index (χ0v) is 17.2. The Balaban J connectivity index is 2.02. The third kappa shape index (κ3) is 4.66. The first-order chi connectivity index (χ1) is 13.0. The van der Waals surface area contributed by atoms with E-state index in [1.54, 1.807) is 23.8 Å². The van der Waals surface area contributed by atoms with Gasteiger partial charge in [-0.3, -0.25) is 0 Å². The SMILES string of the molecule is COc1ccc(NC(=S)/C(=C(/O)c2ccc(Cl)s2)[n+]2cccc(C)c2)cc1. The minimum Gasteiger partial charge on any atom is -0.501 e. The Kier molecular flexibility index (Phi) is 6.11. The topological polar surface area (TPSA) is 45.4 Å². The maximum Gasteiger partial charge on any atom is 0.289 e. The van der Waals surface area contributed by atoms with E-state index in [0.717, 1.165) is 17.0 Å². The number of rotatable bonds is 5. The Hall–Kier alpha value is -2.41. The van der Waals surface area contributed by atoms with Crippen LogP contribution in [0.2, 0.25) is 4.34 Å². The van der Waals surface area contributed by atoms with E-state index in [4.69, 9.17) is 28.6 Å². The van der Waals surface area contributed by atoms with Crippen LogP contribution in [0.25, 0.3) is 11.5 Å². The molecule has 0 saturated heterocycles. The first kappa shape index (κ1) is 19.4. The average Bonchev–Trinajstić information content (AvgIpc) is 3.09. The minimum atomic E-state index is 0.0634. The smallest absolute Gasteiger partial charge is 0.289 e. The molecule has 0 spiro atoms. The monoisotopic (exact) mass is 417 g/mol. The molecule has 0 atom stereocenters. The third-order valence-corrected chi connectivity index (χ3v) is 5.33. The predicted molar refractivity (Wildman–Crippen MR) is 116 cm³/mol. The van der Waals surface area contributed by atoms with Crippen molar-refractivity contribution in [3.8, 4) is 5.75 Å². The van der Waals surface area contributed by atoms with Crippen LogP contribution in [0.4, 0.5) is 5.69 Å². The molecule has 0 aliphatic heterocycles. The summed E-state index contributed by atoms with van der Waals surface area (Å²) >= 11 is 12.9. The molecule has 7 heteroatoms. The second-order valence-corrected chi connectivity index (χ2v) is 7.90. The summed E-state index contributed by atoms with van der Waals surface area (Å²) in [6, 6.07) is 14.8. The van der Waals surface area contributed by atoms with Crippen LogP contribution in [0.15, 0.2) is 60.9 Å². The van der Waals surface area contributed by atoms with Gasteiger partial charge in [-0.2, -0.15) is 4.57 Å². The van der Waals surface area contributed by atoms with Crippen LogP contribution >= 0.6 is 35.2 Å². The lowest BCUT2D eigenvalue weighted by Gasteiger charge is -2.10. The Morgan fingerprint density at radius 1 is 1.19 bits per heavy atom. The van der Waals surface area contributed by atoms with Gasteiger partial charge in [0.2, 0.25) is 5.76 Å². The predicted octanol–water partition coefficient (Wildman–Crippen LogP) is 5.33. The molecule has 27 heavy (non-hydrogen) atoms. The standard InChI is InChI=1S/C20H17ClN2O2S2/c1-13-4-3-11-23(12-13)18(19(24)16-9-10-17(21)27-16)20(26)22-14-5-7-15(25-2)8-6-14/h3-12H,1-2H3,(H-,22,24,26)/p+1. The summed E-state index contributed by atoms with van der Waals surface area (Å²) in [4.78, 5) is 1.03. The third-order valence-electron chi connectivity index (χ3n) is 3.80. The number of thiophene rings is 1. The molecule has 2 heterocycles. The fraction of sp³-hybridized carbons (Fsp3) is 0.100. The Labute approximate surface area is 172 Å². The number of aromatic nitrogens is 1. The Bertz CT molecular complexity index is 997. The van der Waals surface area contributed by atoms with Crippen molar-refractivity contribution < 1.29 is 14.4 Å². The number of methoxy groups -OCH3 is 1. The molecule has 4 nitrogen and oxygen atoms in total. The van der Waals surface area contributed by atoms with Gasteiger partial charge in [0.1, 0.15) is 5.75 Å². The van der Waals surface area contributed by atoms with Crippen molar-refractivity contribution in [1.29, 1.82) is 0 Å². The number of benzene rings is 1. The quantitative estimate of drug-likeness (QED) is 0.255. The molecule has 0 bridgehead atoms. The molecule has 3 rings (SSSR count). The molecule has 0 aliphatic carbocycles. The highest BCUT2D eigenvalue weighted by Gasteiger charge is 2.25. The van der Waals surface area contributed by atoms with E-state index in [1.807, 2.05) is 55.7 Å². The molecule has 0 radical (unpaired) electrons. The number of aliphatic hydroxyl groups excluding tert-OH is 1. The normalized spacial score (nSPS) is 11.7. The van der Waals surface area contributed by atoms with Gasteiger partial charge in [0.25, 0.3) is 5.70 Å². The average molecular weight is 418 g/mol. The highest BCUT2D eigenvalue weighted by atomic mass is 35.5. The van der Waals surface area contributed by atoms with E-state index < -0.39 is 0 Å². The summed E-state index contributed by atoms with van der Waals surface area (Å²) in [6.07, 6.45) is 3.75. The number of hydrogen-bond donors (Lipinski definition) is 2. The van der Waals surface area contributed by atoms with E-state index in [1.165, 1.54) is 11.3 Å². The zero-order chi connectivity index (χ0) is 19.4. The van der Waals surface area contributed by atoms with Gasteiger partial charge in [0.15, 0.2) is 17.4 Å². The maximum absolute atomic E-state index is 10.9. The molecule has 0 fully saturated rings. The number of anilines is 1. The first-order valence-corrected chi connectivity index (χ1v) is 9.71. The summed E-state index contributed by atoms with van der Waals surface area (Å²) in [7, 11) is 1.62. The number of ether oxygens (including phenoxy) is 1. The van der Waals surface area contributed by atoms with Crippen molar-refractivity contribution in [2.45, 2.75) is 6.92 Å². The van der Waals surface area contributed by atoms with Crippen LogP contribution < -0.4 is 14.6 Å². The summed E-state index contributed by atoms with van der Waals surface area (Å²) < 4.78 is 7.58. The molecule has 0 unspecified atom stereocenters. The molecule has 0 saturated carbocycles. The van der Waals surface area contributed by atoms with Crippen molar-refractivity contribution in [1.82, 2.24) is 0 Å². The second kappa shape index (κ2) is 8.52. The molecular formula is C20H18ClN2O2S2+. The van der Waals surface area contributed by atoms with Gasteiger partial charge in [0, 0.05) is 17.3 Å². The number of hydrogen-bond acceptors (Lipinski definition) is 4. The van der Waals surface area contributed by atoms with Gasteiger partial charge >= 0.3 is 0 Å². The summed E-state index contributed by atoms with van der Waals surface area (Å²) in [5.41, 5.74) is 2.31. The summed E-state index contributed by atoms with van der Waals surface area (Å²) in [6.45, 7) is 1.98. The molecule has 3 aromatic rings. The van der Waals surface area contributed by atoms with Gasteiger partial charge in [-0.15, -0.1) is 11.3 Å². The molecular weight excluding hydrogens is 400 g/mol. The highest BCUT2D eigenvalue weighted by molar-refractivity contribution is 7.81. The zero-order valence-electron chi connectivity index (χ0n) is 14.8. The number of nitrogens with one attached hydrogen (secondary N) is 1. The summed E-state index contributed by atoms with van der Waals surface area (Å²) in [5.74, 6) is 0.819. The number of nitrogens with zero attached hydrogens (tertiary/aromatic N) is 1. The Morgan fingerprint density at radius 2 is 1.93 bits per heavy atom. The van der Waals surface area contributed by atoms with Crippen LogP contribution in [-0.4, -0.2) is 17.2 Å². The molecule has 2 N–H and O–H groups in total. The number of pyridine rings is 1. The largest absolute Gasteiger partial charge is 0.501 e. The number of aliphatic hydroxyl groups is 1. The highest BCUT2D eigenvalue weighted by Crippen LogP contribution is 2.29. The Morgan fingerprint density at radius 3 is 2.52 bits per heavy atom. The van der Waals surface area contributed by atoms with Gasteiger partial charge in [0.05, 0.1) is 16.3 Å². The summed E-state index contributed by atoms with van der Waals surface area (Å²) in [5, 5.41) is 14.1. The van der Waals surface area contributed by atoms with Crippen molar-refractivity contribution >= 4 is 57.3 Å². The van der Waals surface area contributed by atoms with Gasteiger partial charge in [-0.1, -0.05) is 23.8 Å². The lowest BCUT2D eigenvalue weighted by atomic mass is 10.2. The number of halogens is 1. The first-order valence-electron chi connectivity index (χ1n) is 8.10. The maximum atomic E-state index is 10.9. The second-order valence-electron chi connectivity index (χ2n) is 5.77. The molecule has 1 aromatic carbocycles. The van der Waals surface area contributed by atoms with Gasteiger partial charge in [-0.25, -0.2) is 0 Å². The van der Waals surface area contributed by atoms with Crippen LogP contribution in [0.5, 0.6) is 5.75 Å². The van der Waals surface area contributed by atoms with Crippen molar-refractivity contribution in [3.05, 3.63) is 75.7 Å². The van der Waals surface area contributed by atoms with Gasteiger partial charge in [-0.05, 0) is 49.4 Å². The molecule has 2 aromatic heterocycles. The fourth-order valence-electron chi connectivity index (χ4n) is 2.50. The molecule has 0 aliphatic rings. The lowest BCUT2D eigenvalue weighted by Crippen LogP contribution is -2.38. The van der Waals surface area contributed by atoms with Crippen molar-refractivity contribution in [2.24, 2.45) is 0 Å². The van der Waals surface area contributed by atoms with E-state index in [0.29, 0.717) is 19.9 Å². The van der Waals surface area contributed by atoms with Gasteiger partial charge < -0.3 is 15.2 Å². The molecule has 138 valence electrons. The molecule has 0 amide bonds. The van der Waals surface area contributed by atoms with Crippen LogP contribution in [0.3, 0.4) is 0 Å². The number of thiocarbonyl (C=S) groups is 1. The van der Waals surface area contributed by atoms with Crippen molar-refractivity contribution in [3.63, 3.8) is 0 Å². The van der Waals surface area contributed by atoms with E-state index in [-0.39, 0.29) is 5.76 Å².